The fraction of sp³-hybridized carbons (Fsp3) is 0.318. The molecule has 0 aromatic heterocycles. The summed E-state index contributed by atoms with van der Waals surface area (Å²) in [5.74, 6) is -1.00. The molecule has 30 heavy (non-hydrogen) atoms. The molecule has 0 spiro atoms. The van der Waals surface area contributed by atoms with Crippen molar-refractivity contribution in [3.8, 4) is 0 Å². The number of halogens is 1. The molecule has 1 saturated heterocycles. The molecule has 2 aromatic carbocycles. The van der Waals surface area contributed by atoms with Crippen LogP contribution in [0.4, 0.5) is 4.79 Å². The van der Waals surface area contributed by atoms with Crippen LogP contribution in [-0.2, 0) is 27.4 Å². The Labute approximate surface area is 189 Å². The van der Waals surface area contributed by atoms with E-state index >= 15 is 0 Å². The van der Waals surface area contributed by atoms with Crippen molar-refractivity contribution >= 4 is 40.5 Å². The van der Waals surface area contributed by atoms with Gasteiger partial charge in [-0.15, -0.1) is 0 Å². The molecule has 0 unspecified atom stereocenters. The molecule has 0 aliphatic carbocycles. The minimum atomic E-state index is -0.851. The molecular formula is C22H24IN3O4. The van der Waals surface area contributed by atoms with Gasteiger partial charge < -0.3 is 15.8 Å². The van der Waals surface area contributed by atoms with E-state index in [0.717, 1.165) is 14.7 Å². The highest BCUT2D eigenvalue weighted by Crippen LogP contribution is 2.20. The Morgan fingerprint density at radius 3 is 2.53 bits per heavy atom. The van der Waals surface area contributed by atoms with Crippen molar-refractivity contribution < 1.29 is 19.1 Å². The minimum absolute atomic E-state index is 0.140. The van der Waals surface area contributed by atoms with Crippen LogP contribution in [0.25, 0.3) is 0 Å². The van der Waals surface area contributed by atoms with Gasteiger partial charge in [-0.25, -0.2) is 4.79 Å². The van der Waals surface area contributed by atoms with Crippen molar-refractivity contribution in [3.63, 3.8) is 0 Å². The Balaban J connectivity index is 1.61. The molecule has 158 valence electrons. The number of benzene rings is 2. The smallest absolute Gasteiger partial charge is 0.410 e. The summed E-state index contributed by atoms with van der Waals surface area (Å²) in [6, 6.07) is 15.4. The topological polar surface area (TPSA) is 102 Å². The first-order chi connectivity index (χ1) is 14.5. The molecule has 1 fully saturated rings. The average molecular weight is 521 g/mol. The van der Waals surface area contributed by atoms with Gasteiger partial charge in [0.05, 0.1) is 0 Å². The number of rotatable bonds is 7. The zero-order chi connectivity index (χ0) is 21.5. The van der Waals surface area contributed by atoms with E-state index in [1.807, 2.05) is 54.6 Å². The van der Waals surface area contributed by atoms with E-state index in [2.05, 4.69) is 27.9 Å². The lowest BCUT2D eigenvalue weighted by Crippen LogP contribution is -2.53. The zero-order valence-electron chi connectivity index (χ0n) is 16.4. The normalized spacial score (nSPS) is 16.7. The van der Waals surface area contributed by atoms with Gasteiger partial charge in [-0.05, 0) is 52.6 Å². The van der Waals surface area contributed by atoms with Gasteiger partial charge in [-0.1, -0.05) is 48.5 Å². The van der Waals surface area contributed by atoms with Crippen LogP contribution in [0.1, 0.15) is 24.0 Å². The number of nitrogens with two attached hydrogens (primary N) is 1. The molecule has 7 nitrogen and oxygen atoms in total. The Kier molecular flexibility index (Phi) is 7.67. The van der Waals surface area contributed by atoms with Gasteiger partial charge in [0.1, 0.15) is 18.7 Å². The summed E-state index contributed by atoms with van der Waals surface area (Å²) < 4.78 is 6.36. The number of primary amides is 1. The lowest BCUT2D eigenvalue weighted by Gasteiger charge is -2.25. The number of ether oxygens (including phenoxy) is 1. The molecule has 1 aliphatic rings. The van der Waals surface area contributed by atoms with Gasteiger partial charge >= 0.3 is 6.09 Å². The first kappa shape index (κ1) is 22.1. The standard InChI is InChI=1S/C22H24IN3O4/c23-17-10-5-4-9-16(17)13-18(20(24)27)25-21(28)19-11-6-12-26(19)22(29)30-14-15-7-2-1-3-8-15/h1-5,7-10,18-19H,6,11-14H2,(H2,24,27)(H,25,28)/t18-,19+/m0/s1. The first-order valence-electron chi connectivity index (χ1n) is 9.76. The van der Waals surface area contributed by atoms with Crippen LogP contribution in [0, 0.1) is 3.57 Å². The molecule has 1 heterocycles. The molecule has 0 radical (unpaired) electrons. The van der Waals surface area contributed by atoms with Gasteiger partial charge in [-0.2, -0.15) is 0 Å². The quantitative estimate of drug-likeness (QED) is 0.547. The summed E-state index contributed by atoms with van der Waals surface area (Å²) in [7, 11) is 0. The highest BCUT2D eigenvalue weighted by atomic mass is 127. The molecule has 2 aromatic rings. The van der Waals surface area contributed by atoms with Crippen molar-refractivity contribution in [2.75, 3.05) is 6.54 Å². The van der Waals surface area contributed by atoms with Crippen molar-refractivity contribution in [3.05, 3.63) is 69.3 Å². The zero-order valence-corrected chi connectivity index (χ0v) is 18.6. The second-order valence-corrected chi connectivity index (χ2v) is 8.31. The van der Waals surface area contributed by atoms with E-state index in [0.29, 0.717) is 25.8 Å². The van der Waals surface area contributed by atoms with Gasteiger partial charge in [0.2, 0.25) is 11.8 Å². The van der Waals surface area contributed by atoms with Gasteiger partial charge in [0.25, 0.3) is 0 Å². The van der Waals surface area contributed by atoms with Crippen molar-refractivity contribution in [1.82, 2.24) is 10.2 Å². The summed E-state index contributed by atoms with van der Waals surface area (Å²) in [6.07, 6.45) is 0.965. The number of nitrogens with zero attached hydrogens (tertiary/aromatic N) is 1. The third-order valence-corrected chi connectivity index (χ3v) is 6.09. The highest BCUT2D eigenvalue weighted by Gasteiger charge is 2.36. The molecule has 0 saturated carbocycles. The molecule has 2 atom stereocenters. The summed E-state index contributed by atoms with van der Waals surface area (Å²) in [6.45, 7) is 0.574. The molecule has 3 amide bonds. The van der Waals surface area contributed by atoms with Gasteiger partial charge in [0, 0.05) is 16.5 Å². The van der Waals surface area contributed by atoms with Crippen LogP contribution in [0.5, 0.6) is 0 Å². The third kappa shape index (κ3) is 5.71. The molecular weight excluding hydrogens is 497 g/mol. The van der Waals surface area contributed by atoms with E-state index in [1.165, 1.54) is 4.90 Å². The monoisotopic (exact) mass is 521 g/mol. The number of hydrogen-bond acceptors (Lipinski definition) is 4. The van der Waals surface area contributed by atoms with Crippen LogP contribution < -0.4 is 11.1 Å². The van der Waals surface area contributed by atoms with Crippen LogP contribution >= 0.6 is 22.6 Å². The maximum absolute atomic E-state index is 12.9. The fourth-order valence-electron chi connectivity index (χ4n) is 3.43. The minimum Gasteiger partial charge on any atom is -0.445 e. The van der Waals surface area contributed by atoms with E-state index in [4.69, 9.17) is 10.5 Å². The Hall–Kier alpha value is -2.62. The predicted octanol–water partition coefficient (Wildman–Crippen LogP) is 2.60. The van der Waals surface area contributed by atoms with Crippen LogP contribution in [-0.4, -0.2) is 41.4 Å². The fourth-order valence-corrected chi connectivity index (χ4v) is 4.04. The largest absolute Gasteiger partial charge is 0.445 e. The molecule has 3 rings (SSSR count). The predicted molar refractivity (Wildman–Crippen MR) is 120 cm³/mol. The average Bonchev–Trinajstić information content (AvgIpc) is 3.24. The van der Waals surface area contributed by atoms with Gasteiger partial charge in [0.15, 0.2) is 0 Å². The lowest BCUT2D eigenvalue weighted by molar-refractivity contribution is -0.130. The molecule has 0 bridgehead atoms. The summed E-state index contributed by atoms with van der Waals surface area (Å²) in [5.41, 5.74) is 7.32. The van der Waals surface area contributed by atoms with Crippen molar-refractivity contribution in [2.24, 2.45) is 5.73 Å². The Bertz CT molecular complexity index is 906. The molecule has 8 heteroatoms. The summed E-state index contributed by atoms with van der Waals surface area (Å²) in [4.78, 5) is 38.7. The maximum Gasteiger partial charge on any atom is 0.410 e. The molecule has 3 N–H and O–H groups in total. The Morgan fingerprint density at radius 2 is 1.83 bits per heavy atom. The molecule has 1 aliphatic heterocycles. The number of carbonyl (C=O) groups excluding carboxylic acids is 3. The van der Waals surface area contributed by atoms with Crippen molar-refractivity contribution in [2.45, 2.75) is 38.0 Å². The second kappa shape index (κ2) is 10.4. The van der Waals surface area contributed by atoms with Crippen LogP contribution in [0.3, 0.4) is 0 Å². The second-order valence-electron chi connectivity index (χ2n) is 7.15. The SMILES string of the molecule is NC(=O)[C@H](Cc1ccccc1I)NC(=O)[C@H]1CCCN1C(=O)OCc1ccccc1. The first-order valence-corrected chi connectivity index (χ1v) is 10.8. The van der Waals surface area contributed by atoms with E-state index < -0.39 is 24.1 Å². The van der Waals surface area contributed by atoms with Gasteiger partial charge in [-0.3, -0.25) is 14.5 Å². The number of amides is 3. The van der Waals surface area contributed by atoms with Crippen LogP contribution in [0.2, 0.25) is 0 Å². The lowest BCUT2D eigenvalue weighted by atomic mass is 10.0. The van der Waals surface area contributed by atoms with Crippen molar-refractivity contribution in [1.29, 1.82) is 0 Å². The summed E-state index contributed by atoms with van der Waals surface area (Å²) in [5, 5.41) is 2.73. The third-order valence-electron chi connectivity index (χ3n) is 5.04. The maximum atomic E-state index is 12.9. The number of likely N-dealkylation sites (tertiary alicyclic amines) is 1. The van der Waals surface area contributed by atoms with Crippen LogP contribution in [0.15, 0.2) is 54.6 Å². The summed E-state index contributed by atoms with van der Waals surface area (Å²) >= 11 is 2.18. The van der Waals surface area contributed by atoms with E-state index in [1.54, 1.807) is 0 Å². The Morgan fingerprint density at radius 1 is 1.13 bits per heavy atom. The van der Waals surface area contributed by atoms with E-state index in [-0.39, 0.29) is 12.5 Å². The number of carbonyl (C=O) groups is 3. The number of hydrogen-bond donors (Lipinski definition) is 2. The van der Waals surface area contributed by atoms with E-state index in [9.17, 15) is 14.4 Å². The number of nitrogens with one attached hydrogen (secondary N) is 1. The highest BCUT2D eigenvalue weighted by molar-refractivity contribution is 14.1.